The number of ether oxygens (including phenoxy) is 2. The quantitative estimate of drug-likeness (QED) is 0.860. The Hall–Kier alpha value is -1.30. The summed E-state index contributed by atoms with van der Waals surface area (Å²) in [5, 5.41) is 9.22. The Balaban J connectivity index is 2.14. The fourth-order valence-electron chi connectivity index (χ4n) is 3.21. The molecule has 1 N–H and O–H groups in total. The van der Waals surface area contributed by atoms with Gasteiger partial charge in [0.25, 0.3) is 0 Å². The summed E-state index contributed by atoms with van der Waals surface area (Å²) >= 11 is 0. The molecule has 0 radical (unpaired) electrons. The van der Waals surface area contributed by atoms with Crippen molar-refractivity contribution in [3.8, 4) is 0 Å². The first-order valence-corrected chi connectivity index (χ1v) is 7.42. The molecule has 6 nitrogen and oxygen atoms in total. The van der Waals surface area contributed by atoms with E-state index in [0.29, 0.717) is 5.92 Å². The third-order valence-electron chi connectivity index (χ3n) is 4.28. The number of methoxy groups -OCH3 is 1. The molecule has 1 aliphatic carbocycles. The van der Waals surface area contributed by atoms with Gasteiger partial charge in [-0.05, 0) is 46.5 Å². The lowest BCUT2D eigenvalue weighted by atomic mass is 9.94. The number of amides is 1. The third kappa shape index (κ3) is 3.31. The van der Waals surface area contributed by atoms with Gasteiger partial charge in [0.15, 0.2) is 0 Å². The lowest BCUT2D eigenvalue weighted by molar-refractivity contribution is -0.148. The lowest BCUT2D eigenvalue weighted by Gasteiger charge is -2.35. The normalized spacial score (nSPS) is 30.5. The second-order valence-electron chi connectivity index (χ2n) is 7.08. The van der Waals surface area contributed by atoms with Crippen LogP contribution in [0.15, 0.2) is 0 Å². The van der Waals surface area contributed by atoms with Gasteiger partial charge in [-0.15, -0.1) is 0 Å². The predicted octanol–water partition coefficient (Wildman–Crippen LogP) is 2.12. The maximum absolute atomic E-state index is 12.4. The molecule has 1 saturated carbocycles. The highest BCUT2D eigenvalue weighted by Crippen LogP contribution is 2.50. The van der Waals surface area contributed by atoms with Crippen LogP contribution in [-0.2, 0) is 14.3 Å². The number of hydrogen-bond acceptors (Lipinski definition) is 4. The molecule has 0 aromatic rings. The Bertz CT molecular complexity index is 430. The SMILES string of the molecule is COC([C@@H](C)C(=O)O)[C@@H]1C[C@@H]2CC2N1C(=O)OC(C)(C)C. The summed E-state index contributed by atoms with van der Waals surface area (Å²) in [6.45, 7) is 7.10. The number of carbonyl (C=O) groups excluding carboxylic acids is 1. The maximum atomic E-state index is 12.4. The number of carbonyl (C=O) groups is 2. The van der Waals surface area contributed by atoms with Crippen LogP contribution in [0.25, 0.3) is 0 Å². The summed E-state index contributed by atoms with van der Waals surface area (Å²) in [5.74, 6) is -1.12. The summed E-state index contributed by atoms with van der Waals surface area (Å²) in [5.41, 5.74) is -0.560. The van der Waals surface area contributed by atoms with Gasteiger partial charge in [0.05, 0.1) is 18.1 Å². The predicted molar refractivity (Wildman–Crippen MR) is 76.0 cm³/mol. The number of piperidine rings is 1. The van der Waals surface area contributed by atoms with Crippen LogP contribution < -0.4 is 0 Å². The zero-order valence-electron chi connectivity index (χ0n) is 13.3. The molecule has 120 valence electrons. The summed E-state index contributed by atoms with van der Waals surface area (Å²) in [6.07, 6.45) is 0.896. The minimum Gasteiger partial charge on any atom is -0.481 e. The average Bonchev–Trinajstić information content (AvgIpc) is 2.98. The topological polar surface area (TPSA) is 76.1 Å². The van der Waals surface area contributed by atoms with Gasteiger partial charge in [0, 0.05) is 13.2 Å². The lowest BCUT2D eigenvalue weighted by Crippen LogP contribution is -2.50. The van der Waals surface area contributed by atoms with Gasteiger partial charge in [0.1, 0.15) is 5.60 Å². The summed E-state index contributed by atoms with van der Waals surface area (Å²) in [7, 11) is 1.50. The smallest absolute Gasteiger partial charge is 0.410 e. The van der Waals surface area contributed by atoms with E-state index >= 15 is 0 Å². The van der Waals surface area contributed by atoms with E-state index in [0.717, 1.165) is 12.8 Å². The number of carboxylic acids is 1. The first-order valence-electron chi connectivity index (χ1n) is 7.42. The number of carboxylic acid groups (broad SMARTS) is 1. The summed E-state index contributed by atoms with van der Waals surface area (Å²) < 4.78 is 10.9. The maximum Gasteiger partial charge on any atom is 0.410 e. The fourth-order valence-corrected chi connectivity index (χ4v) is 3.21. The van der Waals surface area contributed by atoms with Crippen molar-refractivity contribution in [2.45, 2.75) is 64.3 Å². The summed E-state index contributed by atoms with van der Waals surface area (Å²) in [4.78, 5) is 25.4. The van der Waals surface area contributed by atoms with Gasteiger partial charge in [-0.3, -0.25) is 9.69 Å². The van der Waals surface area contributed by atoms with Gasteiger partial charge in [-0.1, -0.05) is 0 Å². The zero-order chi connectivity index (χ0) is 15.9. The Morgan fingerprint density at radius 3 is 2.38 bits per heavy atom. The molecular weight excluding hydrogens is 274 g/mol. The number of hydrogen-bond donors (Lipinski definition) is 1. The van der Waals surface area contributed by atoms with Crippen molar-refractivity contribution in [1.82, 2.24) is 4.90 Å². The van der Waals surface area contributed by atoms with Gasteiger partial charge >= 0.3 is 12.1 Å². The monoisotopic (exact) mass is 299 g/mol. The highest BCUT2D eigenvalue weighted by Gasteiger charge is 2.58. The van der Waals surface area contributed by atoms with Crippen molar-refractivity contribution in [3.63, 3.8) is 0 Å². The highest BCUT2D eigenvalue weighted by atomic mass is 16.6. The number of nitrogens with zero attached hydrogens (tertiary/aromatic N) is 1. The van der Waals surface area contributed by atoms with Crippen LogP contribution >= 0.6 is 0 Å². The molecule has 1 saturated heterocycles. The molecule has 0 aromatic carbocycles. The molecule has 1 aliphatic heterocycles. The van der Waals surface area contributed by atoms with Crippen LogP contribution in [0.1, 0.15) is 40.5 Å². The largest absolute Gasteiger partial charge is 0.481 e. The van der Waals surface area contributed by atoms with E-state index in [4.69, 9.17) is 9.47 Å². The van der Waals surface area contributed by atoms with Gasteiger partial charge in [-0.2, -0.15) is 0 Å². The molecule has 6 heteroatoms. The van der Waals surface area contributed by atoms with Gasteiger partial charge in [0.2, 0.25) is 0 Å². The molecular formula is C15H25NO5. The highest BCUT2D eigenvalue weighted by molar-refractivity contribution is 5.72. The Morgan fingerprint density at radius 2 is 1.90 bits per heavy atom. The number of aliphatic carboxylic acids is 1. The average molecular weight is 299 g/mol. The molecule has 0 aromatic heterocycles. The van der Waals surface area contributed by atoms with Crippen molar-refractivity contribution in [2.75, 3.05) is 7.11 Å². The van der Waals surface area contributed by atoms with Crippen LogP contribution in [0.5, 0.6) is 0 Å². The molecule has 0 spiro atoms. The van der Waals surface area contributed by atoms with E-state index < -0.39 is 23.6 Å². The van der Waals surface area contributed by atoms with Gasteiger partial charge in [-0.25, -0.2) is 4.79 Å². The molecule has 2 rings (SSSR count). The van der Waals surface area contributed by atoms with E-state index in [1.165, 1.54) is 7.11 Å². The van der Waals surface area contributed by atoms with Crippen LogP contribution in [0.3, 0.4) is 0 Å². The van der Waals surface area contributed by atoms with E-state index in [-0.39, 0.29) is 18.2 Å². The minimum atomic E-state index is -0.911. The fraction of sp³-hybridized carbons (Fsp3) is 0.867. The molecule has 2 unspecified atom stereocenters. The number of fused-ring (bicyclic) bond motifs is 1. The van der Waals surface area contributed by atoms with E-state index in [1.807, 2.05) is 20.8 Å². The minimum absolute atomic E-state index is 0.184. The third-order valence-corrected chi connectivity index (χ3v) is 4.28. The Morgan fingerprint density at radius 1 is 1.29 bits per heavy atom. The Labute approximate surface area is 125 Å². The van der Waals surface area contributed by atoms with Crippen molar-refractivity contribution < 1.29 is 24.2 Å². The van der Waals surface area contributed by atoms with E-state index in [1.54, 1.807) is 11.8 Å². The number of likely N-dealkylation sites (tertiary alicyclic amines) is 1. The summed E-state index contributed by atoms with van der Waals surface area (Å²) in [6, 6.07) is -0.0387. The van der Waals surface area contributed by atoms with E-state index in [2.05, 4.69) is 0 Å². The molecule has 1 amide bonds. The standard InChI is InChI=1S/C15H25NO5/c1-8(13(17)18)12(20-5)11-7-9-6-10(9)16(11)14(19)21-15(2,3)4/h8-12H,6-7H2,1-5H3,(H,17,18)/t8-,9+,10?,11+,12?/m1/s1. The van der Waals surface area contributed by atoms with E-state index in [9.17, 15) is 14.7 Å². The molecule has 2 fully saturated rings. The second-order valence-corrected chi connectivity index (χ2v) is 7.08. The van der Waals surface area contributed by atoms with Crippen molar-refractivity contribution in [2.24, 2.45) is 11.8 Å². The van der Waals surface area contributed by atoms with Crippen LogP contribution in [0, 0.1) is 11.8 Å². The molecule has 21 heavy (non-hydrogen) atoms. The van der Waals surface area contributed by atoms with Crippen molar-refractivity contribution in [3.05, 3.63) is 0 Å². The van der Waals surface area contributed by atoms with Crippen LogP contribution in [0.2, 0.25) is 0 Å². The zero-order valence-corrected chi connectivity index (χ0v) is 13.3. The number of rotatable bonds is 4. The van der Waals surface area contributed by atoms with Gasteiger partial charge < -0.3 is 14.6 Å². The Kier molecular flexibility index (Phi) is 4.19. The molecule has 5 atom stereocenters. The first kappa shape index (κ1) is 16.1. The first-order chi connectivity index (χ1) is 9.65. The van der Waals surface area contributed by atoms with Crippen LogP contribution in [-0.4, -0.2) is 53.0 Å². The van der Waals surface area contributed by atoms with Crippen molar-refractivity contribution >= 4 is 12.1 Å². The molecule has 2 aliphatic rings. The molecule has 1 heterocycles. The molecule has 0 bridgehead atoms. The second kappa shape index (κ2) is 5.48. The van der Waals surface area contributed by atoms with Crippen molar-refractivity contribution in [1.29, 1.82) is 0 Å². The van der Waals surface area contributed by atoms with Crippen LogP contribution in [0.4, 0.5) is 4.79 Å².